The van der Waals surface area contributed by atoms with E-state index >= 15 is 0 Å². The van der Waals surface area contributed by atoms with Gasteiger partial charge in [0.2, 0.25) is 11.9 Å². The molecule has 19 heavy (non-hydrogen) atoms. The average molecular weight is 280 g/mol. The number of nitrogens with zero attached hydrogens (tertiary/aromatic N) is 1. The lowest BCUT2D eigenvalue weighted by molar-refractivity contribution is 0.102. The summed E-state index contributed by atoms with van der Waals surface area (Å²) < 4.78 is 25.9. The molecule has 98 valence electrons. The van der Waals surface area contributed by atoms with E-state index in [1.54, 1.807) is 36.0 Å². The SMILES string of the molecule is CSc1ccc(C(=O)Nc2ccc(F)nc2F)cc1. The van der Waals surface area contributed by atoms with E-state index in [0.29, 0.717) is 5.56 Å². The van der Waals surface area contributed by atoms with Crippen molar-refractivity contribution in [3.8, 4) is 0 Å². The van der Waals surface area contributed by atoms with Crippen LogP contribution in [0.3, 0.4) is 0 Å². The first-order valence-corrected chi connectivity index (χ1v) is 6.60. The summed E-state index contributed by atoms with van der Waals surface area (Å²) in [6, 6.07) is 8.96. The molecule has 0 aliphatic rings. The molecular weight excluding hydrogens is 270 g/mol. The van der Waals surface area contributed by atoms with Crippen LogP contribution in [0.2, 0.25) is 0 Å². The molecule has 6 heteroatoms. The number of benzene rings is 1. The summed E-state index contributed by atoms with van der Waals surface area (Å²) in [5.74, 6) is -2.45. The maximum absolute atomic E-state index is 13.3. The Kier molecular flexibility index (Phi) is 4.11. The molecule has 0 bridgehead atoms. The van der Waals surface area contributed by atoms with Crippen molar-refractivity contribution in [2.75, 3.05) is 11.6 Å². The fourth-order valence-corrected chi connectivity index (χ4v) is 1.85. The molecule has 0 aliphatic carbocycles. The molecule has 1 heterocycles. The lowest BCUT2D eigenvalue weighted by atomic mass is 10.2. The van der Waals surface area contributed by atoms with Gasteiger partial charge in [0.15, 0.2) is 0 Å². The number of aromatic nitrogens is 1. The minimum absolute atomic E-state index is 0.152. The van der Waals surface area contributed by atoms with Crippen molar-refractivity contribution in [2.45, 2.75) is 4.90 Å². The van der Waals surface area contributed by atoms with E-state index in [1.165, 1.54) is 0 Å². The van der Waals surface area contributed by atoms with Crippen LogP contribution in [0.15, 0.2) is 41.3 Å². The number of carbonyl (C=O) groups is 1. The average Bonchev–Trinajstić information content (AvgIpc) is 2.42. The first-order chi connectivity index (χ1) is 9.10. The maximum Gasteiger partial charge on any atom is 0.255 e. The van der Waals surface area contributed by atoms with Crippen molar-refractivity contribution in [2.24, 2.45) is 0 Å². The van der Waals surface area contributed by atoms with Gasteiger partial charge in [0, 0.05) is 10.5 Å². The highest BCUT2D eigenvalue weighted by Crippen LogP contribution is 2.17. The fraction of sp³-hybridized carbons (Fsp3) is 0.0769. The van der Waals surface area contributed by atoms with Gasteiger partial charge in [0.1, 0.15) is 0 Å². The largest absolute Gasteiger partial charge is 0.318 e. The number of anilines is 1. The third kappa shape index (κ3) is 3.29. The Bertz CT molecular complexity index is 602. The second-order valence-electron chi connectivity index (χ2n) is 3.65. The van der Waals surface area contributed by atoms with Gasteiger partial charge in [-0.1, -0.05) is 0 Å². The minimum Gasteiger partial charge on any atom is -0.318 e. The fourth-order valence-electron chi connectivity index (χ4n) is 1.44. The molecule has 1 amide bonds. The van der Waals surface area contributed by atoms with E-state index in [9.17, 15) is 13.6 Å². The van der Waals surface area contributed by atoms with Gasteiger partial charge in [-0.05, 0) is 42.7 Å². The second kappa shape index (κ2) is 5.79. The van der Waals surface area contributed by atoms with Crippen LogP contribution < -0.4 is 5.32 Å². The normalized spacial score (nSPS) is 10.3. The quantitative estimate of drug-likeness (QED) is 0.692. The van der Waals surface area contributed by atoms with E-state index in [0.717, 1.165) is 17.0 Å². The Morgan fingerprint density at radius 3 is 2.42 bits per heavy atom. The molecule has 1 aromatic heterocycles. The Labute approximate surface area is 113 Å². The monoisotopic (exact) mass is 280 g/mol. The van der Waals surface area contributed by atoms with E-state index < -0.39 is 17.8 Å². The molecule has 0 saturated carbocycles. The Morgan fingerprint density at radius 2 is 1.84 bits per heavy atom. The van der Waals surface area contributed by atoms with Gasteiger partial charge in [-0.25, -0.2) is 0 Å². The van der Waals surface area contributed by atoms with Crippen LogP contribution in [-0.4, -0.2) is 17.1 Å². The number of thioether (sulfide) groups is 1. The zero-order valence-corrected chi connectivity index (χ0v) is 10.8. The van der Waals surface area contributed by atoms with Crippen LogP contribution in [0.5, 0.6) is 0 Å². The van der Waals surface area contributed by atoms with Gasteiger partial charge in [0.05, 0.1) is 5.69 Å². The van der Waals surface area contributed by atoms with E-state index in [2.05, 4.69) is 10.3 Å². The number of halogens is 2. The van der Waals surface area contributed by atoms with Gasteiger partial charge >= 0.3 is 0 Å². The molecule has 3 nitrogen and oxygen atoms in total. The van der Waals surface area contributed by atoms with Crippen molar-refractivity contribution in [3.63, 3.8) is 0 Å². The summed E-state index contributed by atoms with van der Waals surface area (Å²) in [4.78, 5) is 15.9. The predicted octanol–water partition coefficient (Wildman–Crippen LogP) is 3.33. The standard InChI is InChI=1S/C13H10F2N2OS/c1-19-9-4-2-8(3-5-9)13(18)16-10-6-7-11(14)17-12(10)15/h2-7H,1H3,(H,16,18). The van der Waals surface area contributed by atoms with Crippen molar-refractivity contribution in [1.82, 2.24) is 4.98 Å². The Hall–Kier alpha value is -1.95. The molecule has 0 saturated heterocycles. The summed E-state index contributed by atoms with van der Waals surface area (Å²) in [6.07, 6.45) is 1.93. The molecule has 2 rings (SSSR count). The molecule has 2 aromatic rings. The highest BCUT2D eigenvalue weighted by atomic mass is 32.2. The predicted molar refractivity (Wildman–Crippen MR) is 70.3 cm³/mol. The second-order valence-corrected chi connectivity index (χ2v) is 4.53. The van der Waals surface area contributed by atoms with Gasteiger partial charge in [-0.2, -0.15) is 13.8 Å². The van der Waals surface area contributed by atoms with Crippen LogP contribution in [0, 0.1) is 11.9 Å². The summed E-state index contributed by atoms with van der Waals surface area (Å²) in [5.41, 5.74) is 0.238. The highest BCUT2D eigenvalue weighted by Gasteiger charge is 2.10. The molecule has 0 spiro atoms. The van der Waals surface area contributed by atoms with Crippen molar-refractivity contribution in [3.05, 3.63) is 53.9 Å². The summed E-state index contributed by atoms with van der Waals surface area (Å²) in [5, 5.41) is 2.34. The maximum atomic E-state index is 13.3. The number of rotatable bonds is 3. The number of hydrogen-bond donors (Lipinski definition) is 1. The summed E-state index contributed by atoms with van der Waals surface area (Å²) in [7, 11) is 0. The lowest BCUT2D eigenvalue weighted by Gasteiger charge is -2.06. The Morgan fingerprint density at radius 1 is 1.16 bits per heavy atom. The minimum atomic E-state index is -1.05. The van der Waals surface area contributed by atoms with Crippen LogP contribution in [0.25, 0.3) is 0 Å². The molecule has 0 aliphatic heterocycles. The third-order valence-corrected chi connectivity index (χ3v) is 3.16. The number of hydrogen-bond acceptors (Lipinski definition) is 3. The molecule has 0 fully saturated rings. The first kappa shape index (κ1) is 13.5. The topological polar surface area (TPSA) is 42.0 Å². The van der Waals surface area contributed by atoms with Gasteiger partial charge in [-0.3, -0.25) is 4.79 Å². The van der Waals surface area contributed by atoms with E-state index in [4.69, 9.17) is 0 Å². The van der Waals surface area contributed by atoms with Crippen LogP contribution in [0.1, 0.15) is 10.4 Å². The molecule has 0 atom stereocenters. The summed E-state index contributed by atoms with van der Waals surface area (Å²) >= 11 is 1.55. The van der Waals surface area contributed by atoms with Crippen molar-refractivity contribution in [1.29, 1.82) is 0 Å². The number of pyridine rings is 1. The molecule has 1 aromatic carbocycles. The molecule has 0 unspecified atom stereocenters. The van der Waals surface area contributed by atoms with Crippen molar-refractivity contribution < 1.29 is 13.6 Å². The molecular formula is C13H10F2N2OS. The molecule has 1 N–H and O–H groups in total. The zero-order valence-electron chi connectivity index (χ0n) is 9.98. The van der Waals surface area contributed by atoms with Gasteiger partial charge in [-0.15, -0.1) is 11.8 Å². The lowest BCUT2D eigenvalue weighted by Crippen LogP contribution is -2.13. The number of nitrogens with one attached hydrogen (secondary N) is 1. The summed E-state index contributed by atoms with van der Waals surface area (Å²) in [6.45, 7) is 0. The van der Waals surface area contributed by atoms with Crippen LogP contribution in [-0.2, 0) is 0 Å². The molecule has 0 radical (unpaired) electrons. The van der Waals surface area contributed by atoms with Crippen LogP contribution >= 0.6 is 11.8 Å². The van der Waals surface area contributed by atoms with E-state index in [-0.39, 0.29) is 5.69 Å². The van der Waals surface area contributed by atoms with Crippen molar-refractivity contribution >= 4 is 23.4 Å². The number of amides is 1. The van der Waals surface area contributed by atoms with E-state index in [1.807, 2.05) is 6.26 Å². The number of carbonyl (C=O) groups excluding carboxylic acids is 1. The van der Waals surface area contributed by atoms with Crippen LogP contribution in [0.4, 0.5) is 14.5 Å². The Balaban J connectivity index is 2.15. The third-order valence-electron chi connectivity index (χ3n) is 2.42. The smallest absolute Gasteiger partial charge is 0.255 e. The zero-order chi connectivity index (χ0) is 13.8. The van der Waals surface area contributed by atoms with Gasteiger partial charge < -0.3 is 5.32 Å². The highest BCUT2D eigenvalue weighted by molar-refractivity contribution is 7.98. The first-order valence-electron chi connectivity index (χ1n) is 5.37. The van der Waals surface area contributed by atoms with Gasteiger partial charge in [0.25, 0.3) is 5.91 Å².